The van der Waals surface area contributed by atoms with Gasteiger partial charge in [-0.2, -0.15) is 0 Å². The Kier molecular flexibility index (Phi) is 7.19. The van der Waals surface area contributed by atoms with E-state index in [4.69, 9.17) is 9.73 Å². The van der Waals surface area contributed by atoms with Gasteiger partial charge in [0.25, 0.3) is 11.5 Å². The zero-order valence-corrected chi connectivity index (χ0v) is 24.0. The normalized spacial score (nSPS) is 13.9. The van der Waals surface area contributed by atoms with Gasteiger partial charge in [0.1, 0.15) is 5.75 Å². The van der Waals surface area contributed by atoms with Crippen LogP contribution in [-0.2, 0) is 18.3 Å². The van der Waals surface area contributed by atoms with Gasteiger partial charge in [0.2, 0.25) is 0 Å². The van der Waals surface area contributed by atoms with Crippen molar-refractivity contribution in [3.63, 3.8) is 0 Å². The number of aryl methyl sites for hydroxylation is 1. The molecule has 9 heteroatoms. The summed E-state index contributed by atoms with van der Waals surface area (Å²) in [4.78, 5) is 31.4. The summed E-state index contributed by atoms with van der Waals surface area (Å²) in [5.74, 6) is 0.479. The number of thiazole rings is 1. The minimum Gasteiger partial charge on any atom is -0.482 e. The van der Waals surface area contributed by atoms with Gasteiger partial charge in [-0.05, 0) is 62.6 Å². The minimum atomic E-state index is -0.172. The Morgan fingerprint density at radius 2 is 1.76 bits per heavy atom. The van der Waals surface area contributed by atoms with Crippen LogP contribution in [0.1, 0.15) is 30.6 Å². The van der Waals surface area contributed by atoms with Crippen molar-refractivity contribution >= 4 is 28.6 Å². The summed E-state index contributed by atoms with van der Waals surface area (Å²) in [5.41, 5.74) is 5.65. The second-order valence-corrected chi connectivity index (χ2v) is 11.1. The van der Waals surface area contributed by atoms with Crippen LogP contribution in [0.15, 0.2) is 94.0 Å². The second kappa shape index (κ2) is 11.1. The molecule has 1 N–H and O–H groups in total. The Morgan fingerprint density at radius 1 is 1.02 bits per heavy atom. The first-order valence-electron chi connectivity index (χ1n) is 13.6. The van der Waals surface area contributed by atoms with E-state index in [0.717, 1.165) is 40.3 Å². The van der Waals surface area contributed by atoms with Crippen LogP contribution in [0.5, 0.6) is 5.75 Å². The van der Waals surface area contributed by atoms with E-state index < -0.39 is 0 Å². The van der Waals surface area contributed by atoms with E-state index in [9.17, 15) is 9.59 Å². The summed E-state index contributed by atoms with van der Waals surface area (Å²) in [6.45, 7) is 4.12. The molecule has 1 amide bonds. The van der Waals surface area contributed by atoms with Crippen molar-refractivity contribution < 1.29 is 9.53 Å². The highest BCUT2D eigenvalue weighted by Crippen LogP contribution is 2.34. The number of carbonyl (C=O) groups excluding carboxylic acids is 1. The minimum absolute atomic E-state index is 0.0152. The lowest BCUT2D eigenvalue weighted by Crippen LogP contribution is -2.25. The van der Waals surface area contributed by atoms with E-state index >= 15 is 0 Å². The van der Waals surface area contributed by atoms with Gasteiger partial charge in [0.05, 0.1) is 22.8 Å². The van der Waals surface area contributed by atoms with Crippen LogP contribution in [0.2, 0.25) is 0 Å². The maximum Gasteiger partial charge on any atom is 0.297 e. The van der Waals surface area contributed by atoms with Gasteiger partial charge < -0.3 is 14.6 Å². The molecule has 3 aromatic carbocycles. The molecule has 0 aliphatic carbocycles. The molecule has 2 aromatic heterocycles. The van der Waals surface area contributed by atoms with Gasteiger partial charge >= 0.3 is 0 Å². The first-order valence-corrected chi connectivity index (χ1v) is 14.5. The van der Waals surface area contributed by atoms with E-state index in [1.807, 2.05) is 73.3 Å². The number of anilines is 1. The Bertz CT molecular complexity index is 1850. The summed E-state index contributed by atoms with van der Waals surface area (Å²) in [6, 6.07) is 25.9. The van der Waals surface area contributed by atoms with Crippen LogP contribution in [-0.4, -0.2) is 26.4 Å². The number of hydrogen-bond donors (Lipinski definition) is 1. The van der Waals surface area contributed by atoms with Crippen molar-refractivity contribution in [1.29, 1.82) is 0 Å². The van der Waals surface area contributed by atoms with Crippen LogP contribution in [0.4, 0.5) is 11.4 Å². The van der Waals surface area contributed by atoms with Crippen LogP contribution >= 0.6 is 11.3 Å². The maximum atomic E-state index is 13.7. The molecule has 0 fully saturated rings. The first-order chi connectivity index (χ1) is 19.9. The summed E-state index contributed by atoms with van der Waals surface area (Å²) in [6.07, 6.45) is 1.79. The zero-order chi connectivity index (χ0) is 28.5. The lowest BCUT2D eigenvalue weighted by atomic mass is 10.0. The predicted octanol–water partition coefficient (Wildman–Crippen LogP) is 5.77. The molecule has 5 aromatic rings. The Labute approximate surface area is 241 Å². The van der Waals surface area contributed by atoms with Crippen molar-refractivity contribution in [2.75, 3.05) is 11.9 Å². The molecule has 3 heterocycles. The fourth-order valence-corrected chi connectivity index (χ4v) is 6.21. The first kappa shape index (κ1) is 26.6. The van der Waals surface area contributed by atoms with Crippen molar-refractivity contribution in [3.05, 3.63) is 111 Å². The van der Waals surface area contributed by atoms with Crippen LogP contribution in [0, 0.1) is 6.92 Å². The molecule has 41 heavy (non-hydrogen) atoms. The predicted molar refractivity (Wildman–Crippen MR) is 162 cm³/mol. The average Bonchev–Trinajstić information content (AvgIpc) is 3.51. The maximum absolute atomic E-state index is 13.7. The number of nitrogens with zero attached hydrogens (tertiary/aromatic N) is 4. The molecule has 0 saturated carbocycles. The van der Waals surface area contributed by atoms with Gasteiger partial charge in [-0.15, -0.1) is 11.3 Å². The molecule has 0 saturated heterocycles. The molecule has 1 aliphatic heterocycles. The summed E-state index contributed by atoms with van der Waals surface area (Å²) >= 11 is 1.50. The highest BCUT2D eigenvalue weighted by Gasteiger charge is 2.21. The number of aromatic nitrogens is 3. The number of para-hydroxylation sites is 1. The third-order valence-corrected chi connectivity index (χ3v) is 8.36. The van der Waals surface area contributed by atoms with E-state index in [2.05, 4.69) is 46.5 Å². The number of rotatable bonds is 7. The fraction of sp³-hybridized carbons (Fsp3) is 0.219. The average molecular weight is 566 g/mol. The molecule has 6 rings (SSSR count). The number of fused-ring (bicyclic) bond motifs is 1. The third-order valence-electron chi connectivity index (χ3n) is 7.52. The molecular formula is C32H31N5O3S. The fourth-order valence-electron chi connectivity index (χ4n) is 5.21. The van der Waals surface area contributed by atoms with Gasteiger partial charge in [0, 0.05) is 24.0 Å². The molecule has 1 aliphatic rings. The number of nitrogens with one attached hydrogen (secondary N) is 1. The lowest BCUT2D eigenvalue weighted by Gasteiger charge is -2.20. The smallest absolute Gasteiger partial charge is 0.297 e. The SMILES string of the molecule is Cc1c(N=c2scc(-c3ccc4c(c3)NC(=O)CO4)n2C(C)CCc2ccccc2)c(=O)n(-c2ccccc2)n1C. The van der Waals surface area contributed by atoms with Gasteiger partial charge in [0.15, 0.2) is 17.1 Å². The lowest BCUT2D eigenvalue weighted by molar-refractivity contribution is -0.118. The number of amides is 1. The molecule has 0 bridgehead atoms. The van der Waals surface area contributed by atoms with Crippen molar-refractivity contribution in [1.82, 2.24) is 13.9 Å². The van der Waals surface area contributed by atoms with E-state index in [-0.39, 0.29) is 24.1 Å². The molecule has 1 unspecified atom stereocenters. The monoisotopic (exact) mass is 565 g/mol. The van der Waals surface area contributed by atoms with Gasteiger partial charge in [-0.25, -0.2) is 9.67 Å². The van der Waals surface area contributed by atoms with Crippen LogP contribution < -0.4 is 20.4 Å². The van der Waals surface area contributed by atoms with Crippen molar-refractivity contribution in [3.8, 4) is 22.7 Å². The second-order valence-electron chi connectivity index (χ2n) is 10.2. The number of benzene rings is 3. The largest absolute Gasteiger partial charge is 0.482 e. The summed E-state index contributed by atoms with van der Waals surface area (Å²) < 4.78 is 11.3. The van der Waals surface area contributed by atoms with E-state index in [1.165, 1.54) is 16.9 Å². The topological polar surface area (TPSA) is 82.6 Å². The highest BCUT2D eigenvalue weighted by molar-refractivity contribution is 7.07. The van der Waals surface area contributed by atoms with Crippen molar-refractivity contribution in [2.24, 2.45) is 12.0 Å². The molecule has 0 radical (unpaired) electrons. The van der Waals surface area contributed by atoms with E-state index in [1.54, 1.807) is 4.68 Å². The summed E-state index contributed by atoms with van der Waals surface area (Å²) in [5, 5.41) is 4.98. The molecular weight excluding hydrogens is 534 g/mol. The van der Waals surface area contributed by atoms with E-state index in [0.29, 0.717) is 17.1 Å². The summed E-state index contributed by atoms with van der Waals surface area (Å²) in [7, 11) is 1.88. The highest BCUT2D eigenvalue weighted by atomic mass is 32.1. The van der Waals surface area contributed by atoms with Crippen molar-refractivity contribution in [2.45, 2.75) is 32.7 Å². The standard InChI is InChI=1S/C32H31N5O3S/c1-21(14-15-23-10-6-4-7-11-23)36-27(24-16-17-28-26(18-24)33-29(38)19-40-28)20-41-32(36)34-30-22(2)35(3)37(31(30)39)25-12-8-5-9-13-25/h4-13,16-18,20-21H,14-15,19H2,1-3H3,(H,33,38). The number of carbonyl (C=O) groups is 1. The van der Waals surface area contributed by atoms with Crippen LogP contribution in [0.25, 0.3) is 16.9 Å². The molecule has 0 spiro atoms. The number of hydrogen-bond acceptors (Lipinski definition) is 5. The Hall–Kier alpha value is -4.63. The molecule has 8 nitrogen and oxygen atoms in total. The third kappa shape index (κ3) is 5.16. The number of ether oxygens (including phenoxy) is 1. The van der Waals surface area contributed by atoms with Gasteiger partial charge in [-0.1, -0.05) is 48.5 Å². The molecule has 208 valence electrons. The van der Waals surface area contributed by atoms with Gasteiger partial charge in [-0.3, -0.25) is 14.3 Å². The van der Waals surface area contributed by atoms with Crippen LogP contribution in [0.3, 0.4) is 0 Å². The zero-order valence-electron chi connectivity index (χ0n) is 23.2. The Balaban J connectivity index is 1.47. The quantitative estimate of drug-likeness (QED) is 0.272. The Morgan fingerprint density at radius 3 is 2.51 bits per heavy atom. The molecule has 1 atom stereocenters.